The van der Waals surface area contributed by atoms with Crippen LogP contribution in [-0.2, 0) is 0 Å². The van der Waals surface area contributed by atoms with E-state index in [9.17, 15) is 0 Å². The second-order valence-corrected chi connectivity index (χ2v) is 4.46. The molecule has 0 nitrogen and oxygen atoms in total. The Labute approximate surface area is 62.6 Å². The number of alkyl halides is 1. The van der Waals surface area contributed by atoms with E-state index in [1.54, 1.807) is 0 Å². The highest BCUT2D eigenvalue weighted by atomic mass is 35.5. The highest BCUT2D eigenvalue weighted by Gasteiger charge is 2.63. The minimum Gasteiger partial charge on any atom is -0.126 e. The summed E-state index contributed by atoms with van der Waals surface area (Å²) in [7, 11) is 0. The van der Waals surface area contributed by atoms with Crippen molar-refractivity contribution >= 4 is 11.6 Å². The molecule has 0 radical (unpaired) electrons. The predicted octanol–water partition coefficient (Wildman–Crippen LogP) is 2.91. The molecule has 0 saturated heterocycles. The van der Waals surface area contributed by atoms with Crippen molar-refractivity contribution in [1.82, 2.24) is 0 Å². The van der Waals surface area contributed by atoms with E-state index in [2.05, 4.69) is 27.7 Å². The lowest BCUT2D eigenvalue weighted by Gasteiger charge is -2.04. The van der Waals surface area contributed by atoms with Crippen LogP contribution in [0.15, 0.2) is 0 Å². The Morgan fingerprint density at radius 3 is 1.44 bits per heavy atom. The Kier molecular flexibility index (Phi) is 1.36. The lowest BCUT2D eigenvalue weighted by molar-refractivity contribution is 0.457. The van der Waals surface area contributed by atoms with Gasteiger partial charge in [-0.05, 0) is 16.7 Å². The van der Waals surface area contributed by atoms with Gasteiger partial charge in [-0.15, -0.1) is 11.6 Å². The van der Waals surface area contributed by atoms with E-state index in [1.807, 2.05) is 0 Å². The molecule has 0 aromatic carbocycles. The van der Waals surface area contributed by atoms with Gasteiger partial charge in [0, 0.05) is 5.88 Å². The van der Waals surface area contributed by atoms with E-state index < -0.39 is 0 Å². The van der Waals surface area contributed by atoms with Crippen molar-refractivity contribution in [3.63, 3.8) is 0 Å². The van der Waals surface area contributed by atoms with Gasteiger partial charge in [0.1, 0.15) is 0 Å². The molecule has 0 aromatic heterocycles. The van der Waals surface area contributed by atoms with Gasteiger partial charge >= 0.3 is 0 Å². The van der Waals surface area contributed by atoms with Gasteiger partial charge in [-0.1, -0.05) is 27.7 Å². The Morgan fingerprint density at radius 1 is 1.11 bits per heavy atom. The maximum Gasteiger partial charge on any atom is 0.0262 e. The van der Waals surface area contributed by atoms with Crippen molar-refractivity contribution in [3.8, 4) is 0 Å². The van der Waals surface area contributed by atoms with E-state index in [0.717, 1.165) is 11.8 Å². The molecule has 1 aliphatic carbocycles. The minimum atomic E-state index is 0.481. The lowest BCUT2D eigenvalue weighted by atomic mass is 10.0. The Hall–Kier alpha value is 0.290. The molecule has 1 aliphatic rings. The molecular weight excluding hydrogens is 132 g/mol. The van der Waals surface area contributed by atoms with Gasteiger partial charge in [0.15, 0.2) is 0 Å². The van der Waals surface area contributed by atoms with Gasteiger partial charge in [-0.3, -0.25) is 0 Å². The maximum absolute atomic E-state index is 5.77. The van der Waals surface area contributed by atoms with Gasteiger partial charge in [0.2, 0.25) is 0 Å². The molecule has 0 N–H and O–H groups in total. The Balaban J connectivity index is 2.66. The van der Waals surface area contributed by atoms with Crippen LogP contribution in [0.1, 0.15) is 27.7 Å². The van der Waals surface area contributed by atoms with Gasteiger partial charge in [-0.2, -0.15) is 0 Å². The fraction of sp³-hybridized carbons (Fsp3) is 1.00. The van der Waals surface area contributed by atoms with E-state index in [0.29, 0.717) is 10.8 Å². The molecule has 0 unspecified atom stereocenters. The fourth-order valence-electron chi connectivity index (χ4n) is 1.72. The zero-order chi connectivity index (χ0) is 7.28. The summed E-state index contributed by atoms with van der Waals surface area (Å²) >= 11 is 5.77. The van der Waals surface area contributed by atoms with Crippen molar-refractivity contribution < 1.29 is 0 Å². The average Bonchev–Trinajstić information content (AvgIpc) is 2.00. The Morgan fingerprint density at radius 2 is 1.44 bits per heavy atom. The molecule has 0 bridgehead atoms. The molecule has 9 heavy (non-hydrogen) atoms. The van der Waals surface area contributed by atoms with E-state index >= 15 is 0 Å². The summed E-state index contributed by atoms with van der Waals surface area (Å²) in [5.41, 5.74) is 0.962. The number of rotatable bonds is 1. The summed E-state index contributed by atoms with van der Waals surface area (Å²) in [6.07, 6.45) is 0. The molecule has 54 valence electrons. The second kappa shape index (κ2) is 1.66. The molecule has 0 spiro atoms. The topological polar surface area (TPSA) is 0 Å². The monoisotopic (exact) mass is 146 g/mol. The van der Waals surface area contributed by atoms with Crippen molar-refractivity contribution in [2.45, 2.75) is 27.7 Å². The largest absolute Gasteiger partial charge is 0.126 e. The van der Waals surface area contributed by atoms with E-state index in [-0.39, 0.29) is 0 Å². The summed E-state index contributed by atoms with van der Waals surface area (Å²) in [4.78, 5) is 0. The third kappa shape index (κ3) is 0.724. The maximum atomic E-state index is 5.77. The van der Waals surface area contributed by atoms with Crippen LogP contribution in [0.25, 0.3) is 0 Å². The fourth-order valence-corrected chi connectivity index (χ4v) is 2.49. The van der Waals surface area contributed by atoms with Gasteiger partial charge in [0.05, 0.1) is 0 Å². The normalized spacial score (nSPS) is 30.3. The lowest BCUT2D eigenvalue weighted by Crippen LogP contribution is -1.95. The van der Waals surface area contributed by atoms with Crippen LogP contribution in [0.3, 0.4) is 0 Å². The quantitative estimate of drug-likeness (QED) is 0.499. The summed E-state index contributed by atoms with van der Waals surface area (Å²) in [6, 6.07) is 0. The first kappa shape index (κ1) is 7.40. The molecule has 1 fully saturated rings. The van der Waals surface area contributed by atoms with E-state index in [1.165, 1.54) is 0 Å². The first-order valence-electron chi connectivity index (χ1n) is 3.50. The van der Waals surface area contributed by atoms with Gasteiger partial charge in [0.25, 0.3) is 0 Å². The Bertz CT molecular complexity index is 111. The third-order valence-corrected chi connectivity index (χ3v) is 3.78. The van der Waals surface area contributed by atoms with Crippen LogP contribution in [0.5, 0.6) is 0 Å². The first-order chi connectivity index (χ1) is 3.94. The average molecular weight is 147 g/mol. The van der Waals surface area contributed by atoms with Crippen molar-refractivity contribution in [3.05, 3.63) is 0 Å². The molecule has 1 heteroatoms. The zero-order valence-electron chi connectivity index (χ0n) is 6.66. The van der Waals surface area contributed by atoms with Crippen LogP contribution in [0, 0.1) is 16.7 Å². The number of hydrogen-bond acceptors (Lipinski definition) is 0. The molecule has 0 atom stereocenters. The first-order valence-corrected chi connectivity index (χ1v) is 4.04. The van der Waals surface area contributed by atoms with Crippen LogP contribution in [0.4, 0.5) is 0 Å². The number of halogens is 1. The highest BCUT2D eigenvalue weighted by molar-refractivity contribution is 6.18. The van der Waals surface area contributed by atoms with E-state index in [4.69, 9.17) is 11.6 Å². The highest BCUT2D eigenvalue weighted by Crippen LogP contribution is 2.68. The van der Waals surface area contributed by atoms with Gasteiger partial charge in [-0.25, -0.2) is 0 Å². The summed E-state index contributed by atoms with van der Waals surface area (Å²) in [5.74, 6) is 1.55. The smallest absolute Gasteiger partial charge is 0.0262 e. The van der Waals surface area contributed by atoms with Gasteiger partial charge < -0.3 is 0 Å². The standard InChI is InChI=1S/C8H15Cl/c1-7(2)6(5-9)8(7,3)4/h6H,5H2,1-4H3. The third-order valence-electron chi connectivity index (χ3n) is 3.47. The van der Waals surface area contributed by atoms with Crippen LogP contribution >= 0.6 is 11.6 Å². The molecule has 1 saturated carbocycles. The van der Waals surface area contributed by atoms with Crippen molar-refractivity contribution in [2.24, 2.45) is 16.7 Å². The zero-order valence-corrected chi connectivity index (χ0v) is 7.42. The molecular formula is C8H15Cl. The molecule has 0 aromatic rings. The molecule has 1 rings (SSSR count). The predicted molar refractivity (Wildman–Crippen MR) is 41.8 cm³/mol. The molecule has 0 aliphatic heterocycles. The van der Waals surface area contributed by atoms with Crippen molar-refractivity contribution in [2.75, 3.05) is 5.88 Å². The van der Waals surface area contributed by atoms with Crippen LogP contribution < -0.4 is 0 Å². The van der Waals surface area contributed by atoms with Crippen LogP contribution in [-0.4, -0.2) is 5.88 Å². The van der Waals surface area contributed by atoms with Crippen LogP contribution in [0.2, 0.25) is 0 Å². The molecule has 0 heterocycles. The minimum absolute atomic E-state index is 0.481. The summed E-state index contributed by atoms with van der Waals surface area (Å²) in [5, 5.41) is 0. The number of hydrogen-bond donors (Lipinski definition) is 0. The summed E-state index contributed by atoms with van der Waals surface area (Å²) in [6.45, 7) is 9.17. The second-order valence-electron chi connectivity index (χ2n) is 4.15. The van der Waals surface area contributed by atoms with Crippen molar-refractivity contribution in [1.29, 1.82) is 0 Å². The SMILES string of the molecule is CC1(C)C(CCl)C1(C)C. The molecule has 0 amide bonds. The summed E-state index contributed by atoms with van der Waals surface area (Å²) < 4.78 is 0.